The van der Waals surface area contributed by atoms with E-state index in [0.29, 0.717) is 5.57 Å². The molecule has 1 heterocycles. The number of nitrogens with zero attached hydrogens (tertiary/aromatic N) is 1. The van der Waals surface area contributed by atoms with E-state index in [1.807, 2.05) is 55.5 Å². The van der Waals surface area contributed by atoms with Gasteiger partial charge in [-0.2, -0.15) is 5.26 Å². The van der Waals surface area contributed by atoms with Gasteiger partial charge in [0.15, 0.2) is 0 Å². The topological polar surface area (TPSA) is 89.0 Å². The van der Waals surface area contributed by atoms with Crippen LogP contribution < -0.4 is 11.5 Å². The highest BCUT2D eigenvalue weighted by molar-refractivity contribution is 5.88. The van der Waals surface area contributed by atoms with Crippen molar-refractivity contribution in [2.24, 2.45) is 11.5 Å². The van der Waals surface area contributed by atoms with Gasteiger partial charge in [-0.1, -0.05) is 49.1 Å². The molecule has 0 amide bonds. The molecule has 2 rings (SSSR count). The molecule has 0 fully saturated rings. The third kappa shape index (κ3) is 5.15. The molecule has 142 valence electrons. The van der Waals surface area contributed by atoms with E-state index in [1.54, 1.807) is 18.4 Å². The zero-order valence-corrected chi connectivity index (χ0v) is 16.1. The largest absolute Gasteiger partial charge is 0.456 e. The van der Waals surface area contributed by atoms with Crippen LogP contribution in [0.4, 0.5) is 0 Å². The summed E-state index contributed by atoms with van der Waals surface area (Å²) in [5, 5.41) is 10.0. The SMILES string of the molecule is C=C/C=C\c1oc2cc(C(/C=C\CC/C=C(C#N)\C=C/N)=C/N)ccc2c1C. The lowest BCUT2D eigenvalue weighted by Crippen LogP contribution is -1.87. The Labute approximate surface area is 166 Å². The molecule has 0 aliphatic heterocycles. The molecule has 0 saturated carbocycles. The highest BCUT2D eigenvalue weighted by Gasteiger charge is 2.09. The smallest absolute Gasteiger partial charge is 0.135 e. The van der Waals surface area contributed by atoms with Gasteiger partial charge in [-0.25, -0.2) is 0 Å². The number of hydrogen-bond donors (Lipinski definition) is 2. The first-order valence-corrected chi connectivity index (χ1v) is 9.04. The molecule has 0 atom stereocenters. The molecule has 0 spiro atoms. The van der Waals surface area contributed by atoms with E-state index in [2.05, 4.69) is 12.6 Å². The van der Waals surface area contributed by atoms with Crippen molar-refractivity contribution in [1.29, 1.82) is 5.26 Å². The Hall–Kier alpha value is -3.71. The van der Waals surface area contributed by atoms with Gasteiger partial charge in [0.1, 0.15) is 11.3 Å². The molecule has 28 heavy (non-hydrogen) atoms. The number of aryl methyl sites for hydroxylation is 1. The van der Waals surface area contributed by atoms with Crippen molar-refractivity contribution in [2.75, 3.05) is 0 Å². The van der Waals surface area contributed by atoms with Crippen molar-refractivity contribution < 1.29 is 4.42 Å². The number of benzene rings is 1. The molecule has 0 aliphatic rings. The minimum atomic E-state index is 0.561. The fourth-order valence-electron chi connectivity index (χ4n) is 2.79. The van der Waals surface area contributed by atoms with E-state index >= 15 is 0 Å². The molecule has 0 unspecified atom stereocenters. The highest BCUT2D eigenvalue weighted by Crippen LogP contribution is 2.29. The van der Waals surface area contributed by atoms with E-state index in [4.69, 9.17) is 21.1 Å². The summed E-state index contributed by atoms with van der Waals surface area (Å²) in [6.45, 7) is 5.73. The number of nitrogens with two attached hydrogens (primary N) is 2. The van der Waals surface area contributed by atoms with Gasteiger partial charge in [-0.3, -0.25) is 0 Å². The number of nitriles is 1. The molecule has 1 aromatic heterocycles. The van der Waals surface area contributed by atoms with Crippen LogP contribution in [0.15, 0.2) is 83.6 Å². The molecule has 2 aromatic rings. The summed E-state index contributed by atoms with van der Waals surface area (Å²) in [7, 11) is 0. The van der Waals surface area contributed by atoms with Crippen LogP contribution in [0.25, 0.3) is 22.6 Å². The van der Waals surface area contributed by atoms with E-state index in [0.717, 1.165) is 46.3 Å². The predicted molar refractivity (Wildman–Crippen MR) is 118 cm³/mol. The van der Waals surface area contributed by atoms with Gasteiger partial charge >= 0.3 is 0 Å². The summed E-state index contributed by atoms with van der Waals surface area (Å²) in [5.74, 6) is 0.826. The second-order valence-electron chi connectivity index (χ2n) is 6.13. The first-order valence-electron chi connectivity index (χ1n) is 9.04. The molecular formula is C24H25N3O. The normalized spacial score (nSPS) is 13.1. The Morgan fingerprint density at radius 2 is 2.07 bits per heavy atom. The van der Waals surface area contributed by atoms with Crippen LogP contribution in [0, 0.1) is 18.3 Å². The van der Waals surface area contributed by atoms with E-state index < -0.39 is 0 Å². The van der Waals surface area contributed by atoms with Gasteiger partial charge in [-0.15, -0.1) is 0 Å². The molecule has 4 N–H and O–H groups in total. The summed E-state index contributed by atoms with van der Waals surface area (Å²) in [5.41, 5.74) is 15.5. The first kappa shape index (κ1) is 20.6. The molecule has 4 nitrogen and oxygen atoms in total. The average Bonchev–Trinajstić information content (AvgIpc) is 3.03. The van der Waals surface area contributed by atoms with Crippen molar-refractivity contribution in [2.45, 2.75) is 19.8 Å². The zero-order chi connectivity index (χ0) is 20.4. The van der Waals surface area contributed by atoms with Crippen LogP contribution >= 0.6 is 0 Å². The lowest BCUT2D eigenvalue weighted by molar-refractivity contribution is 0.601. The van der Waals surface area contributed by atoms with Crippen LogP contribution in [-0.2, 0) is 0 Å². The first-order chi connectivity index (χ1) is 13.6. The number of rotatable bonds is 8. The third-order valence-electron chi connectivity index (χ3n) is 4.27. The van der Waals surface area contributed by atoms with Gasteiger partial charge in [0, 0.05) is 22.7 Å². The lowest BCUT2D eigenvalue weighted by Gasteiger charge is -2.02. The maximum Gasteiger partial charge on any atom is 0.135 e. The maximum atomic E-state index is 8.96. The predicted octanol–water partition coefficient (Wildman–Crippen LogP) is 5.50. The standard InChI is InChI=1S/C24H25N3O/c1-3-4-10-23-18(2)22-12-11-20(15-24(22)28-23)21(17-27)9-7-5-6-8-19(16-26)13-14-25/h3-4,7-15,17H,1,5-6,25,27H2,2H3/b9-7-,10-4-,14-13-,19-8+,21-17+. The Balaban J connectivity index is 2.16. The number of furan rings is 1. The van der Waals surface area contributed by atoms with Gasteiger partial charge in [0.25, 0.3) is 0 Å². The average molecular weight is 371 g/mol. The Kier molecular flexibility index (Phi) is 7.68. The van der Waals surface area contributed by atoms with Gasteiger partial charge in [0.05, 0.1) is 6.07 Å². The minimum Gasteiger partial charge on any atom is -0.456 e. The quantitative estimate of drug-likeness (QED) is 0.364. The molecule has 4 heteroatoms. The second kappa shape index (κ2) is 10.4. The highest BCUT2D eigenvalue weighted by atomic mass is 16.3. The summed E-state index contributed by atoms with van der Waals surface area (Å²) in [6.07, 6.45) is 17.4. The van der Waals surface area contributed by atoms with Crippen molar-refractivity contribution >= 4 is 22.6 Å². The molecule has 0 bridgehead atoms. The third-order valence-corrected chi connectivity index (χ3v) is 4.27. The van der Waals surface area contributed by atoms with E-state index in [9.17, 15) is 0 Å². The van der Waals surface area contributed by atoms with Crippen molar-refractivity contribution in [1.82, 2.24) is 0 Å². The molecule has 1 aromatic carbocycles. The molecule has 0 aliphatic carbocycles. The monoisotopic (exact) mass is 371 g/mol. The number of fused-ring (bicyclic) bond motifs is 1. The summed E-state index contributed by atoms with van der Waals surface area (Å²) in [6, 6.07) is 8.18. The minimum absolute atomic E-state index is 0.561. The summed E-state index contributed by atoms with van der Waals surface area (Å²) in [4.78, 5) is 0. The van der Waals surface area contributed by atoms with Gasteiger partial charge in [-0.05, 0) is 55.3 Å². The van der Waals surface area contributed by atoms with Gasteiger partial charge in [0.2, 0.25) is 0 Å². The number of hydrogen-bond acceptors (Lipinski definition) is 4. The van der Waals surface area contributed by atoms with E-state index in [1.165, 1.54) is 6.20 Å². The van der Waals surface area contributed by atoms with Crippen LogP contribution in [0.5, 0.6) is 0 Å². The second-order valence-corrected chi connectivity index (χ2v) is 6.13. The Morgan fingerprint density at radius 3 is 2.75 bits per heavy atom. The van der Waals surface area contributed by atoms with Crippen LogP contribution in [0.3, 0.4) is 0 Å². The van der Waals surface area contributed by atoms with Crippen LogP contribution in [0.1, 0.15) is 29.7 Å². The number of allylic oxidation sites excluding steroid dienone is 8. The fraction of sp³-hybridized carbons (Fsp3) is 0.125. The Morgan fingerprint density at radius 1 is 1.25 bits per heavy atom. The van der Waals surface area contributed by atoms with Crippen molar-refractivity contribution in [3.8, 4) is 6.07 Å². The maximum absolute atomic E-state index is 8.96. The molecule has 0 saturated heterocycles. The van der Waals surface area contributed by atoms with Crippen LogP contribution in [0.2, 0.25) is 0 Å². The zero-order valence-electron chi connectivity index (χ0n) is 16.1. The van der Waals surface area contributed by atoms with Crippen molar-refractivity contribution in [3.05, 3.63) is 96.1 Å². The number of unbranched alkanes of at least 4 members (excludes halogenated alkanes) is 1. The summed E-state index contributed by atoms with van der Waals surface area (Å²) >= 11 is 0. The van der Waals surface area contributed by atoms with E-state index in [-0.39, 0.29) is 0 Å². The van der Waals surface area contributed by atoms with Gasteiger partial charge < -0.3 is 15.9 Å². The Bertz CT molecular complexity index is 1020. The lowest BCUT2D eigenvalue weighted by atomic mass is 10.0. The molecular weight excluding hydrogens is 346 g/mol. The van der Waals surface area contributed by atoms with Crippen LogP contribution in [-0.4, -0.2) is 0 Å². The summed E-state index contributed by atoms with van der Waals surface area (Å²) < 4.78 is 5.96. The molecule has 0 radical (unpaired) electrons. The fourth-order valence-corrected chi connectivity index (χ4v) is 2.79. The van der Waals surface area contributed by atoms with Crippen molar-refractivity contribution in [3.63, 3.8) is 0 Å².